The molecule has 0 fully saturated rings. The van der Waals surface area contributed by atoms with Crippen molar-refractivity contribution in [3.05, 3.63) is 34.6 Å². The molecule has 0 aromatic heterocycles. The Hall–Kier alpha value is -0.820. The highest BCUT2D eigenvalue weighted by molar-refractivity contribution is 7.91. The Kier molecular flexibility index (Phi) is 3.49. The Labute approximate surface area is 93.8 Å². The molecule has 0 N–H and O–H groups in total. The second kappa shape index (κ2) is 4.21. The first-order chi connectivity index (χ1) is 7.15. The Balaban J connectivity index is 3.17. The van der Waals surface area contributed by atoms with Gasteiger partial charge in [-0.3, -0.25) is 0 Å². The van der Waals surface area contributed by atoms with E-state index in [0.717, 1.165) is 12.1 Å². The highest BCUT2D eigenvalue weighted by Gasteiger charge is 2.45. The maximum absolute atomic E-state index is 13.1. The zero-order chi connectivity index (χ0) is 12.6. The van der Waals surface area contributed by atoms with E-state index in [4.69, 9.17) is 11.6 Å². The second-order valence-corrected chi connectivity index (χ2v) is 5.29. The Morgan fingerprint density at radius 3 is 2.25 bits per heavy atom. The van der Waals surface area contributed by atoms with Crippen LogP contribution in [-0.4, -0.2) is 13.9 Å². The molecule has 0 atom stereocenters. The van der Waals surface area contributed by atoms with Crippen molar-refractivity contribution in [3.8, 4) is 0 Å². The van der Waals surface area contributed by atoms with Crippen molar-refractivity contribution in [2.24, 2.45) is 0 Å². The van der Waals surface area contributed by atoms with Gasteiger partial charge in [-0.2, -0.15) is 13.2 Å². The van der Waals surface area contributed by atoms with Gasteiger partial charge in [-0.25, -0.2) is 12.8 Å². The van der Waals surface area contributed by atoms with Crippen LogP contribution in [0.3, 0.4) is 0 Å². The van der Waals surface area contributed by atoms with Crippen LogP contribution in [0.4, 0.5) is 17.6 Å². The number of sulfone groups is 1. The summed E-state index contributed by atoms with van der Waals surface area (Å²) in [5, 5.41) is -0.354. The lowest BCUT2D eigenvalue weighted by Gasteiger charge is -2.09. The summed E-state index contributed by atoms with van der Waals surface area (Å²) in [6.45, 7) is 0. The minimum atomic E-state index is -5.42. The number of benzene rings is 1. The van der Waals surface area contributed by atoms with Crippen LogP contribution in [0, 0.1) is 5.82 Å². The van der Waals surface area contributed by atoms with Crippen molar-refractivity contribution >= 4 is 21.4 Å². The first-order valence-corrected chi connectivity index (χ1v) is 5.90. The van der Waals surface area contributed by atoms with E-state index in [9.17, 15) is 26.0 Å². The van der Waals surface area contributed by atoms with E-state index in [1.54, 1.807) is 0 Å². The summed E-state index contributed by atoms with van der Waals surface area (Å²) in [5.74, 6) is -2.58. The summed E-state index contributed by atoms with van der Waals surface area (Å²) >= 11 is 5.41. The van der Waals surface area contributed by atoms with Crippen LogP contribution in [0.1, 0.15) is 5.56 Å². The zero-order valence-electron chi connectivity index (χ0n) is 7.55. The lowest BCUT2D eigenvalue weighted by molar-refractivity contribution is -0.0437. The van der Waals surface area contributed by atoms with Gasteiger partial charge in [0.1, 0.15) is 5.82 Å². The number of hydrogen-bond donors (Lipinski definition) is 0. The van der Waals surface area contributed by atoms with Crippen LogP contribution in [0.25, 0.3) is 0 Å². The smallest absolute Gasteiger partial charge is 0.219 e. The van der Waals surface area contributed by atoms with E-state index >= 15 is 0 Å². The molecule has 1 aromatic carbocycles. The minimum absolute atomic E-state index is 0.354. The lowest BCUT2D eigenvalue weighted by atomic mass is 10.2. The summed E-state index contributed by atoms with van der Waals surface area (Å²) in [7, 11) is -5.42. The molecule has 2 nitrogen and oxygen atoms in total. The van der Waals surface area contributed by atoms with Crippen molar-refractivity contribution in [2.45, 2.75) is 11.3 Å². The maximum Gasteiger partial charge on any atom is 0.497 e. The van der Waals surface area contributed by atoms with Crippen LogP contribution in [-0.2, 0) is 15.6 Å². The van der Waals surface area contributed by atoms with Crippen LogP contribution in [0.5, 0.6) is 0 Å². The van der Waals surface area contributed by atoms with E-state index in [2.05, 4.69) is 0 Å². The fourth-order valence-electron chi connectivity index (χ4n) is 0.942. The predicted molar refractivity (Wildman–Crippen MR) is 50.1 cm³/mol. The van der Waals surface area contributed by atoms with Crippen molar-refractivity contribution in [1.29, 1.82) is 0 Å². The van der Waals surface area contributed by atoms with E-state index in [1.165, 1.54) is 6.07 Å². The molecule has 0 aliphatic rings. The highest BCUT2D eigenvalue weighted by Crippen LogP contribution is 2.30. The third-order valence-electron chi connectivity index (χ3n) is 1.75. The average Bonchev–Trinajstić information content (AvgIpc) is 2.10. The summed E-state index contributed by atoms with van der Waals surface area (Å²) < 4.78 is 70.7. The molecule has 1 rings (SSSR count). The van der Waals surface area contributed by atoms with Crippen molar-refractivity contribution < 1.29 is 26.0 Å². The van der Waals surface area contributed by atoms with Gasteiger partial charge in [-0.1, -0.05) is 17.7 Å². The molecule has 0 spiro atoms. The second-order valence-electron chi connectivity index (χ2n) is 2.91. The molecule has 0 saturated carbocycles. The molecule has 0 heterocycles. The molecule has 0 aliphatic heterocycles. The topological polar surface area (TPSA) is 34.1 Å². The maximum atomic E-state index is 13.1. The third kappa shape index (κ3) is 2.65. The molecule has 0 radical (unpaired) electrons. The van der Waals surface area contributed by atoms with E-state index in [0.29, 0.717) is 0 Å². The van der Waals surface area contributed by atoms with Gasteiger partial charge in [0.25, 0.3) is 9.84 Å². The Morgan fingerprint density at radius 1 is 1.25 bits per heavy atom. The number of alkyl halides is 3. The average molecular weight is 277 g/mol. The highest BCUT2D eigenvalue weighted by atomic mass is 35.5. The molecule has 0 aliphatic carbocycles. The van der Waals surface area contributed by atoms with Crippen LogP contribution >= 0.6 is 11.6 Å². The van der Waals surface area contributed by atoms with Gasteiger partial charge in [0.2, 0.25) is 0 Å². The van der Waals surface area contributed by atoms with Crippen molar-refractivity contribution in [1.82, 2.24) is 0 Å². The van der Waals surface area contributed by atoms with Crippen molar-refractivity contribution in [2.75, 3.05) is 0 Å². The van der Waals surface area contributed by atoms with E-state index in [-0.39, 0.29) is 5.02 Å². The minimum Gasteiger partial charge on any atom is -0.219 e. The quantitative estimate of drug-likeness (QED) is 0.778. The van der Waals surface area contributed by atoms with Gasteiger partial charge in [-0.05, 0) is 12.1 Å². The van der Waals surface area contributed by atoms with Crippen LogP contribution in [0.15, 0.2) is 18.2 Å². The Bertz CT molecular complexity index is 475. The molecule has 16 heavy (non-hydrogen) atoms. The molecule has 0 saturated heterocycles. The fraction of sp³-hybridized carbons (Fsp3) is 0.250. The van der Waals surface area contributed by atoms with E-state index < -0.39 is 32.5 Å². The SMILES string of the molecule is O=S(=O)(Cc1c(F)cccc1Cl)C(F)(F)F. The molecular weight excluding hydrogens is 272 g/mol. The first-order valence-electron chi connectivity index (χ1n) is 3.87. The lowest BCUT2D eigenvalue weighted by Crippen LogP contribution is -2.25. The normalized spacial score (nSPS) is 12.8. The summed E-state index contributed by atoms with van der Waals surface area (Å²) in [6, 6.07) is 3.13. The van der Waals surface area contributed by atoms with Gasteiger partial charge in [0, 0.05) is 10.6 Å². The molecule has 90 valence electrons. The summed E-state index contributed by atoms with van der Waals surface area (Å²) in [6.07, 6.45) is 0. The number of hydrogen-bond acceptors (Lipinski definition) is 2. The van der Waals surface area contributed by atoms with Gasteiger partial charge < -0.3 is 0 Å². The number of rotatable bonds is 2. The van der Waals surface area contributed by atoms with E-state index in [1.807, 2.05) is 0 Å². The predicted octanol–water partition coefficient (Wildman–Crippen LogP) is 2.91. The standard InChI is InChI=1S/C8H5ClF4O2S/c9-6-2-1-3-7(10)5(6)4-16(14,15)8(11,12)13/h1-3H,4H2. The molecule has 0 unspecified atom stereocenters. The number of halogens is 5. The van der Waals surface area contributed by atoms with Gasteiger partial charge >= 0.3 is 5.51 Å². The summed E-state index contributed by atoms with van der Waals surface area (Å²) in [4.78, 5) is 0. The van der Waals surface area contributed by atoms with Gasteiger partial charge in [0.15, 0.2) is 0 Å². The largest absolute Gasteiger partial charge is 0.497 e. The molecule has 0 bridgehead atoms. The van der Waals surface area contributed by atoms with Gasteiger partial charge in [-0.15, -0.1) is 0 Å². The fourth-order valence-corrected chi connectivity index (χ4v) is 2.09. The first kappa shape index (κ1) is 13.2. The Morgan fingerprint density at radius 2 is 1.81 bits per heavy atom. The summed E-state index contributed by atoms with van der Waals surface area (Å²) in [5.41, 5.74) is -6.10. The molecular formula is C8H5ClF4O2S. The monoisotopic (exact) mass is 276 g/mol. The molecule has 8 heteroatoms. The van der Waals surface area contributed by atoms with Crippen LogP contribution in [0.2, 0.25) is 5.02 Å². The molecule has 1 aromatic rings. The van der Waals surface area contributed by atoms with Crippen LogP contribution < -0.4 is 0 Å². The zero-order valence-corrected chi connectivity index (χ0v) is 9.13. The molecule has 0 amide bonds. The van der Waals surface area contributed by atoms with Crippen molar-refractivity contribution in [3.63, 3.8) is 0 Å². The van der Waals surface area contributed by atoms with Gasteiger partial charge in [0.05, 0.1) is 5.75 Å². The third-order valence-corrected chi connectivity index (χ3v) is 3.48.